The Balaban J connectivity index is 2.45. The van der Waals surface area contributed by atoms with E-state index < -0.39 is 27.5 Å². The summed E-state index contributed by atoms with van der Waals surface area (Å²) in [5.41, 5.74) is 3.44. The van der Waals surface area contributed by atoms with E-state index >= 15 is 0 Å². The second kappa shape index (κ2) is 5.24. The minimum absolute atomic E-state index is 0.119. The summed E-state index contributed by atoms with van der Waals surface area (Å²) in [5.74, 6) is 0. The maximum absolute atomic E-state index is 12.9. The molecule has 1 aromatic carbocycles. The summed E-state index contributed by atoms with van der Waals surface area (Å²) in [6, 6.07) is 5.39. The largest absolute Gasteiger partial charge is 0.418 e. The van der Waals surface area contributed by atoms with Crippen LogP contribution >= 0.6 is 0 Å². The number of benzene rings is 1. The lowest BCUT2D eigenvalue weighted by molar-refractivity contribution is -0.136. The molecule has 2 rings (SSSR count). The van der Waals surface area contributed by atoms with Gasteiger partial charge in [-0.05, 0) is 30.3 Å². The lowest BCUT2D eigenvalue weighted by Gasteiger charge is -2.15. The van der Waals surface area contributed by atoms with Gasteiger partial charge in [0.15, 0.2) is 0 Å². The molecule has 21 heavy (non-hydrogen) atoms. The number of nitrogens with two attached hydrogens (primary N) is 1. The van der Waals surface area contributed by atoms with Gasteiger partial charge in [-0.2, -0.15) is 13.2 Å². The van der Waals surface area contributed by atoms with Crippen LogP contribution in [0.15, 0.2) is 47.6 Å². The van der Waals surface area contributed by atoms with E-state index in [4.69, 9.17) is 5.73 Å². The minimum Gasteiger partial charge on any atom is -0.399 e. The molecule has 0 amide bonds. The van der Waals surface area contributed by atoms with Crippen molar-refractivity contribution in [2.24, 2.45) is 0 Å². The number of halogens is 3. The summed E-state index contributed by atoms with van der Waals surface area (Å²) < 4.78 is 64.6. The number of nitrogens with zero attached hydrogens (tertiary/aromatic N) is 1. The predicted molar refractivity (Wildman–Crippen MR) is 70.9 cm³/mol. The molecule has 3 N–H and O–H groups in total. The van der Waals surface area contributed by atoms with Gasteiger partial charge >= 0.3 is 6.18 Å². The Morgan fingerprint density at radius 3 is 2.48 bits per heavy atom. The van der Waals surface area contributed by atoms with Crippen LogP contribution in [-0.2, 0) is 16.2 Å². The molecule has 0 bridgehead atoms. The second-order valence-electron chi connectivity index (χ2n) is 4.10. The highest BCUT2D eigenvalue weighted by molar-refractivity contribution is 7.92. The Labute approximate surface area is 118 Å². The molecule has 0 aliphatic rings. The van der Waals surface area contributed by atoms with Gasteiger partial charge in [0.2, 0.25) is 0 Å². The fraction of sp³-hybridized carbons (Fsp3) is 0.0833. The zero-order valence-electron chi connectivity index (χ0n) is 10.4. The summed E-state index contributed by atoms with van der Waals surface area (Å²) in [7, 11) is -4.16. The van der Waals surface area contributed by atoms with Gasteiger partial charge in [0.1, 0.15) is 4.90 Å². The van der Waals surface area contributed by atoms with Crippen molar-refractivity contribution in [2.45, 2.75) is 11.1 Å². The lowest BCUT2D eigenvalue weighted by atomic mass is 10.1. The predicted octanol–water partition coefficient (Wildman–Crippen LogP) is 2.48. The van der Waals surface area contributed by atoms with Gasteiger partial charge < -0.3 is 5.73 Å². The molecule has 0 fully saturated rings. The van der Waals surface area contributed by atoms with Crippen LogP contribution in [-0.4, -0.2) is 13.4 Å². The zero-order valence-corrected chi connectivity index (χ0v) is 11.2. The van der Waals surface area contributed by atoms with Crippen LogP contribution in [0.3, 0.4) is 0 Å². The first-order valence-corrected chi connectivity index (χ1v) is 7.08. The number of nitrogens with one attached hydrogen (secondary N) is 1. The van der Waals surface area contributed by atoms with Gasteiger partial charge in [0, 0.05) is 18.1 Å². The van der Waals surface area contributed by atoms with Gasteiger partial charge in [-0.3, -0.25) is 9.71 Å². The van der Waals surface area contributed by atoms with E-state index in [1.165, 1.54) is 24.4 Å². The lowest BCUT2D eigenvalue weighted by Crippen LogP contribution is -2.17. The van der Waals surface area contributed by atoms with Gasteiger partial charge in [-0.25, -0.2) is 8.42 Å². The summed E-state index contributed by atoms with van der Waals surface area (Å²) >= 11 is 0. The van der Waals surface area contributed by atoms with Crippen LogP contribution in [0.5, 0.6) is 0 Å². The highest BCUT2D eigenvalue weighted by Crippen LogP contribution is 2.36. The Bertz CT molecular complexity index is 746. The first-order chi connectivity index (χ1) is 9.70. The normalized spacial score (nSPS) is 12.1. The van der Waals surface area contributed by atoms with Gasteiger partial charge in [0.25, 0.3) is 10.0 Å². The quantitative estimate of drug-likeness (QED) is 0.852. The third-order valence-corrected chi connectivity index (χ3v) is 3.89. The van der Waals surface area contributed by atoms with Gasteiger partial charge in [-0.15, -0.1) is 0 Å². The molecule has 1 aromatic heterocycles. The summed E-state index contributed by atoms with van der Waals surface area (Å²) in [6.07, 6.45) is -2.35. The molecule has 0 unspecified atom stereocenters. The molecule has 1 heterocycles. The van der Waals surface area contributed by atoms with Crippen molar-refractivity contribution >= 4 is 21.4 Å². The van der Waals surface area contributed by atoms with Crippen molar-refractivity contribution < 1.29 is 21.6 Å². The summed E-state index contributed by atoms with van der Waals surface area (Å²) in [6.45, 7) is 0. The topological polar surface area (TPSA) is 85.1 Å². The molecule has 0 saturated heterocycles. The van der Waals surface area contributed by atoms with Crippen LogP contribution in [0.4, 0.5) is 24.5 Å². The Hall–Kier alpha value is -2.29. The highest BCUT2D eigenvalue weighted by atomic mass is 32.2. The second-order valence-corrected chi connectivity index (χ2v) is 5.78. The Kier molecular flexibility index (Phi) is 3.77. The molecule has 0 saturated carbocycles. The minimum atomic E-state index is -4.73. The first-order valence-electron chi connectivity index (χ1n) is 5.60. The molecule has 0 atom stereocenters. The Morgan fingerprint density at radius 1 is 1.19 bits per heavy atom. The fourth-order valence-corrected chi connectivity index (χ4v) is 2.64. The maximum atomic E-state index is 12.9. The van der Waals surface area contributed by atoms with Gasteiger partial charge in [0.05, 0.1) is 11.3 Å². The monoisotopic (exact) mass is 317 g/mol. The molecule has 0 aliphatic heterocycles. The average Bonchev–Trinajstić information content (AvgIpc) is 2.40. The van der Waals surface area contributed by atoms with Crippen molar-refractivity contribution in [3.63, 3.8) is 0 Å². The molecule has 0 radical (unpaired) electrons. The van der Waals surface area contributed by atoms with Crippen LogP contribution in [0.1, 0.15) is 5.56 Å². The van der Waals surface area contributed by atoms with E-state index in [-0.39, 0.29) is 10.6 Å². The highest BCUT2D eigenvalue weighted by Gasteiger charge is 2.34. The molecule has 5 nitrogen and oxygen atoms in total. The average molecular weight is 317 g/mol. The molecule has 0 spiro atoms. The van der Waals surface area contributed by atoms with Crippen molar-refractivity contribution in [1.82, 2.24) is 4.98 Å². The molecule has 0 aliphatic carbocycles. The number of nitrogen functional groups attached to an aromatic ring is 1. The third-order valence-electron chi connectivity index (χ3n) is 2.54. The maximum Gasteiger partial charge on any atom is 0.418 e. The number of aromatic nitrogens is 1. The van der Waals surface area contributed by atoms with Crippen LogP contribution in [0, 0.1) is 0 Å². The SMILES string of the molecule is Nc1ccc(NS(=O)(=O)c2cccnc2)c(C(F)(F)F)c1. The molecule has 9 heteroatoms. The van der Waals surface area contributed by atoms with E-state index in [2.05, 4.69) is 4.98 Å². The molecule has 112 valence electrons. The van der Waals surface area contributed by atoms with Crippen molar-refractivity contribution in [3.8, 4) is 0 Å². The van der Waals surface area contributed by atoms with E-state index in [9.17, 15) is 21.6 Å². The zero-order chi connectivity index (χ0) is 15.7. The number of hydrogen-bond acceptors (Lipinski definition) is 4. The van der Waals surface area contributed by atoms with Crippen LogP contribution in [0.2, 0.25) is 0 Å². The molecule has 2 aromatic rings. The first kappa shape index (κ1) is 15.1. The number of hydrogen-bond donors (Lipinski definition) is 2. The van der Waals surface area contributed by atoms with Crippen LogP contribution in [0.25, 0.3) is 0 Å². The van der Waals surface area contributed by atoms with E-state index in [1.54, 1.807) is 0 Å². The van der Waals surface area contributed by atoms with Crippen molar-refractivity contribution in [2.75, 3.05) is 10.5 Å². The number of alkyl halides is 3. The van der Waals surface area contributed by atoms with E-state index in [1.807, 2.05) is 4.72 Å². The van der Waals surface area contributed by atoms with E-state index in [0.29, 0.717) is 6.07 Å². The number of rotatable bonds is 3. The smallest absolute Gasteiger partial charge is 0.399 e. The van der Waals surface area contributed by atoms with Gasteiger partial charge in [-0.1, -0.05) is 0 Å². The fourth-order valence-electron chi connectivity index (χ4n) is 1.60. The number of pyridine rings is 1. The number of anilines is 2. The summed E-state index contributed by atoms with van der Waals surface area (Å²) in [4.78, 5) is 3.38. The Morgan fingerprint density at radius 2 is 1.90 bits per heavy atom. The molecular weight excluding hydrogens is 307 g/mol. The van der Waals surface area contributed by atoms with Crippen molar-refractivity contribution in [3.05, 3.63) is 48.3 Å². The summed E-state index contributed by atoms with van der Waals surface area (Å²) in [5, 5.41) is 0. The number of sulfonamides is 1. The van der Waals surface area contributed by atoms with Crippen molar-refractivity contribution in [1.29, 1.82) is 0 Å². The van der Waals surface area contributed by atoms with E-state index in [0.717, 1.165) is 12.3 Å². The standard InChI is InChI=1S/C12H10F3N3O2S/c13-12(14,15)10-6-8(16)3-4-11(10)18-21(19,20)9-2-1-5-17-7-9/h1-7,18H,16H2. The van der Waals surface area contributed by atoms with Crippen LogP contribution < -0.4 is 10.5 Å². The third kappa shape index (κ3) is 3.43. The molecular formula is C12H10F3N3O2S.